The highest BCUT2D eigenvalue weighted by Crippen LogP contribution is 2.04. The van der Waals surface area contributed by atoms with E-state index in [1.165, 1.54) is 0 Å². The van der Waals surface area contributed by atoms with Crippen molar-refractivity contribution >= 4 is 11.8 Å². The van der Waals surface area contributed by atoms with E-state index in [2.05, 4.69) is 15.3 Å². The van der Waals surface area contributed by atoms with Crippen molar-refractivity contribution in [2.24, 2.45) is 0 Å². The van der Waals surface area contributed by atoms with Crippen LogP contribution in [0.5, 0.6) is 0 Å². The van der Waals surface area contributed by atoms with Crippen LogP contribution in [-0.2, 0) is 0 Å². The number of nitrogens with one attached hydrogen (secondary N) is 1. The van der Waals surface area contributed by atoms with E-state index in [0.29, 0.717) is 11.8 Å². The summed E-state index contributed by atoms with van der Waals surface area (Å²) in [6.07, 6.45) is 0. The van der Waals surface area contributed by atoms with E-state index in [0.717, 1.165) is 12.2 Å². The molecule has 0 spiro atoms. The summed E-state index contributed by atoms with van der Waals surface area (Å²) in [4.78, 5) is 8.10. The second-order valence-corrected chi connectivity index (χ2v) is 2.29. The molecule has 1 aromatic heterocycles. The molecule has 1 aromatic rings. The topological polar surface area (TPSA) is 63.8 Å². The van der Waals surface area contributed by atoms with Gasteiger partial charge in [-0.05, 0) is 13.8 Å². The Hall–Kier alpha value is -1.32. The summed E-state index contributed by atoms with van der Waals surface area (Å²) in [7, 11) is 0. The van der Waals surface area contributed by atoms with Crippen LogP contribution >= 0.6 is 0 Å². The molecule has 0 aromatic carbocycles. The van der Waals surface area contributed by atoms with Crippen LogP contribution in [-0.4, -0.2) is 16.5 Å². The van der Waals surface area contributed by atoms with Gasteiger partial charge in [0.25, 0.3) is 0 Å². The standard InChI is InChI=1S/C7H12N4/c1-3-9-7-10-5(2)4-6(8)11-7/h4H,3H2,1-2H3,(H3,8,9,10,11). The van der Waals surface area contributed by atoms with E-state index in [1.807, 2.05) is 13.8 Å². The van der Waals surface area contributed by atoms with Crippen molar-refractivity contribution in [1.29, 1.82) is 0 Å². The van der Waals surface area contributed by atoms with Gasteiger partial charge in [0.05, 0.1) is 0 Å². The van der Waals surface area contributed by atoms with Crippen molar-refractivity contribution in [2.45, 2.75) is 13.8 Å². The smallest absolute Gasteiger partial charge is 0.224 e. The van der Waals surface area contributed by atoms with Crippen LogP contribution in [0.1, 0.15) is 12.6 Å². The predicted molar refractivity (Wildman–Crippen MR) is 45.3 cm³/mol. The molecule has 3 N–H and O–H groups in total. The summed E-state index contributed by atoms with van der Waals surface area (Å²) in [5, 5.41) is 2.99. The number of hydrogen-bond donors (Lipinski definition) is 2. The van der Waals surface area contributed by atoms with Gasteiger partial charge in [-0.25, -0.2) is 4.98 Å². The molecular weight excluding hydrogens is 140 g/mol. The molecule has 11 heavy (non-hydrogen) atoms. The Morgan fingerprint density at radius 2 is 2.27 bits per heavy atom. The molecule has 0 atom stereocenters. The van der Waals surface area contributed by atoms with E-state index in [4.69, 9.17) is 5.73 Å². The van der Waals surface area contributed by atoms with Crippen molar-refractivity contribution in [2.75, 3.05) is 17.6 Å². The van der Waals surface area contributed by atoms with Crippen molar-refractivity contribution in [1.82, 2.24) is 9.97 Å². The van der Waals surface area contributed by atoms with Gasteiger partial charge in [-0.15, -0.1) is 0 Å². The van der Waals surface area contributed by atoms with E-state index >= 15 is 0 Å². The van der Waals surface area contributed by atoms with E-state index < -0.39 is 0 Å². The number of nitrogen functional groups attached to an aromatic ring is 1. The van der Waals surface area contributed by atoms with Crippen LogP contribution < -0.4 is 11.1 Å². The Labute approximate surface area is 65.9 Å². The van der Waals surface area contributed by atoms with Gasteiger partial charge in [0.2, 0.25) is 5.95 Å². The fourth-order valence-electron chi connectivity index (χ4n) is 0.830. The molecule has 0 radical (unpaired) electrons. The molecule has 0 fully saturated rings. The molecule has 4 heteroatoms. The van der Waals surface area contributed by atoms with Gasteiger partial charge >= 0.3 is 0 Å². The maximum Gasteiger partial charge on any atom is 0.224 e. The molecule has 0 unspecified atom stereocenters. The molecule has 0 aliphatic heterocycles. The largest absolute Gasteiger partial charge is 0.384 e. The number of aromatic nitrogens is 2. The fourth-order valence-corrected chi connectivity index (χ4v) is 0.830. The number of nitrogens with two attached hydrogens (primary N) is 1. The number of rotatable bonds is 2. The van der Waals surface area contributed by atoms with Gasteiger partial charge in [0.1, 0.15) is 5.82 Å². The monoisotopic (exact) mass is 152 g/mol. The lowest BCUT2D eigenvalue weighted by Crippen LogP contribution is -2.04. The molecule has 0 aliphatic carbocycles. The fraction of sp³-hybridized carbons (Fsp3) is 0.429. The van der Waals surface area contributed by atoms with Crippen LogP contribution in [0.2, 0.25) is 0 Å². The molecule has 4 nitrogen and oxygen atoms in total. The van der Waals surface area contributed by atoms with E-state index in [9.17, 15) is 0 Å². The second kappa shape index (κ2) is 3.18. The van der Waals surface area contributed by atoms with E-state index in [1.54, 1.807) is 6.07 Å². The molecule has 0 aliphatic rings. The predicted octanol–water partition coefficient (Wildman–Crippen LogP) is 0.799. The first kappa shape index (κ1) is 7.78. The Morgan fingerprint density at radius 3 is 2.82 bits per heavy atom. The maximum atomic E-state index is 5.50. The SMILES string of the molecule is CCNc1nc(C)cc(N)n1. The minimum Gasteiger partial charge on any atom is -0.384 e. The second-order valence-electron chi connectivity index (χ2n) is 2.29. The zero-order valence-electron chi connectivity index (χ0n) is 6.76. The normalized spacial score (nSPS) is 9.64. The molecule has 0 saturated carbocycles. The molecule has 1 heterocycles. The summed E-state index contributed by atoms with van der Waals surface area (Å²) in [6, 6.07) is 1.74. The third kappa shape index (κ3) is 2.07. The summed E-state index contributed by atoms with van der Waals surface area (Å²) in [6.45, 7) is 4.68. The lowest BCUT2D eigenvalue weighted by Gasteiger charge is -2.02. The first-order valence-corrected chi connectivity index (χ1v) is 3.57. The zero-order valence-corrected chi connectivity index (χ0v) is 6.76. The highest BCUT2D eigenvalue weighted by Gasteiger charge is 1.95. The summed E-state index contributed by atoms with van der Waals surface area (Å²) >= 11 is 0. The maximum absolute atomic E-state index is 5.50. The van der Waals surface area contributed by atoms with Gasteiger partial charge in [-0.2, -0.15) is 4.98 Å². The Balaban J connectivity index is 2.89. The molecule has 0 bridgehead atoms. The third-order valence-corrected chi connectivity index (χ3v) is 1.21. The first-order chi connectivity index (χ1) is 5.22. The van der Waals surface area contributed by atoms with Gasteiger partial charge < -0.3 is 11.1 Å². The van der Waals surface area contributed by atoms with Crippen LogP contribution in [0.4, 0.5) is 11.8 Å². The van der Waals surface area contributed by atoms with Crippen molar-refractivity contribution in [3.05, 3.63) is 11.8 Å². The number of nitrogens with zero attached hydrogens (tertiary/aromatic N) is 2. The van der Waals surface area contributed by atoms with Crippen molar-refractivity contribution in [3.63, 3.8) is 0 Å². The summed E-state index contributed by atoms with van der Waals surface area (Å²) in [5.41, 5.74) is 6.38. The van der Waals surface area contributed by atoms with Crippen molar-refractivity contribution < 1.29 is 0 Å². The highest BCUT2D eigenvalue weighted by atomic mass is 15.1. The van der Waals surface area contributed by atoms with Crippen LogP contribution in [0.3, 0.4) is 0 Å². The molecular formula is C7H12N4. The molecule has 0 saturated heterocycles. The molecule has 1 rings (SSSR count). The number of anilines is 2. The Kier molecular flexibility index (Phi) is 2.25. The highest BCUT2D eigenvalue weighted by molar-refractivity contribution is 5.37. The first-order valence-electron chi connectivity index (χ1n) is 3.57. The molecule has 60 valence electrons. The van der Waals surface area contributed by atoms with Crippen LogP contribution in [0.15, 0.2) is 6.07 Å². The average molecular weight is 152 g/mol. The minimum atomic E-state index is 0.508. The van der Waals surface area contributed by atoms with Crippen molar-refractivity contribution in [3.8, 4) is 0 Å². The summed E-state index contributed by atoms with van der Waals surface area (Å²) in [5.74, 6) is 1.11. The van der Waals surface area contributed by atoms with Crippen LogP contribution in [0.25, 0.3) is 0 Å². The molecule has 0 amide bonds. The third-order valence-electron chi connectivity index (χ3n) is 1.21. The average Bonchev–Trinajstić information content (AvgIpc) is 1.85. The lowest BCUT2D eigenvalue weighted by molar-refractivity contribution is 1.06. The van der Waals surface area contributed by atoms with Crippen LogP contribution in [0, 0.1) is 6.92 Å². The van der Waals surface area contributed by atoms with Gasteiger partial charge in [-0.1, -0.05) is 0 Å². The van der Waals surface area contributed by atoms with Gasteiger partial charge in [0, 0.05) is 18.3 Å². The Bertz CT molecular complexity index is 226. The number of aryl methyl sites for hydroxylation is 1. The minimum absolute atomic E-state index is 0.508. The number of hydrogen-bond acceptors (Lipinski definition) is 4. The lowest BCUT2D eigenvalue weighted by atomic mass is 10.4. The zero-order chi connectivity index (χ0) is 8.27. The van der Waals surface area contributed by atoms with E-state index in [-0.39, 0.29) is 0 Å². The summed E-state index contributed by atoms with van der Waals surface area (Å²) < 4.78 is 0. The van der Waals surface area contributed by atoms with Gasteiger partial charge in [-0.3, -0.25) is 0 Å². The van der Waals surface area contributed by atoms with Gasteiger partial charge in [0.15, 0.2) is 0 Å². The Morgan fingerprint density at radius 1 is 1.55 bits per heavy atom. The quantitative estimate of drug-likeness (QED) is 0.658.